The van der Waals surface area contributed by atoms with E-state index in [1.54, 1.807) is 13.2 Å². The number of ether oxygens (including phenoxy) is 2. The fourth-order valence-electron chi connectivity index (χ4n) is 6.75. The van der Waals surface area contributed by atoms with Crippen LogP contribution < -0.4 is 5.73 Å². The number of nitrogens with two attached hydrogens (primary N) is 1. The smallest absolute Gasteiger partial charge is 0.309 e. The summed E-state index contributed by atoms with van der Waals surface area (Å²) in [5.41, 5.74) is 5.89. The fourth-order valence-corrected chi connectivity index (χ4v) is 6.75. The second-order valence-electron chi connectivity index (χ2n) is 9.25. The zero-order valence-corrected chi connectivity index (χ0v) is 17.3. The Morgan fingerprint density at radius 3 is 2.56 bits per heavy atom. The molecule has 6 atom stereocenters. The summed E-state index contributed by atoms with van der Waals surface area (Å²) in [6, 6.07) is 0. The van der Waals surface area contributed by atoms with Gasteiger partial charge in [0.25, 0.3) is 0 Å². The largest absolute Gasteiger partial charge is 0.500 e. The van der Waals surface area contributed by atoms with Gasteiger partial charge in [-0.3, -0.25) is 9.59 Å². The van der Waals surface area contributed by atoms with Gasteiger partial charge in [0, 0.05) is 17.9 Å². The van der Waals surface area contributed by atoms with Crippen molar-refractivity contribution < 1.29 is 19.1 Å². The Morgan fingerprint density at radius 1 is 1.19 bits per heavy atom. The number of esters is 1. The van der Waals surface area contributed by atoms with E-state index in [9.17, 15) is 9.59 Å². The van der Waals surface area contributed by atoms with Crippen LogP contribution in [0.1, 0.15) is 58.8 Å². The van der Waals surface area contributed by atoms with Crippen molar-refractivity contribution in [3.8, 4) is 0 Å². The molecular weight excluding hydrogens is 342 g/mol. The molecule has 0 spiro atoms. The first-order valence-corrected chi connectivity index (χ1v) is 10.4. The predicted molar refractivity (Wildman–Crippen MR) is 104 cm³/mol. The van der Waals surface area contributed by atoms with Gasteiger partial charge in [-0.2, -0.15) is 0 Å². The first-order valence-electron chi connectivity index (χ1n) is 10.4. The third-order valence-electron chi connectivity index (χ3n) is 8.21. The summed E-state index contributed by atoms with van der Waals surface area (Å²) >= 11 is 0. The molecular formula is C22H35NO4. The van der Waals surface area contributed by atoms with E-state index >= 15 is 0 Å². The summed E-state index contributed by atoms with van der Waals surface area (Å²) in [7, 11) is 3.17. The molecule has 0 saturated heterocycles. The Morgan fingerprint density at radius 2 is 1.93 bits per heavy atom. The highest BCUT2D eigenvalue weighted by Crippen LogP contribution is 2.64. The van der Waals surface area contributed by atoms with Gasteiger partial charge in [0.15, 0.2) is 5.78 Å². The molecule has 0 amide bonds. The van der Waals surface area contributed by atoms with Crippen molar-refractivity contribution in [1.82, 2.24) is 0 Å². The molecule has 5 nitrogen and oxygen atoms in total. The van der Waals surface area contributed by atoms with Crippen LogP contribution in [-0.2, 0) is 19.1 Å². The quantitative estimate of drug-likeness (QED) is 0.742. The molecule has 2 fully saturated rings. The topological polar surface area (TPSA) is 78.6 Å². The van der Waals surface area contributed by atoms with Crippen LogP contribution in [0.4, 0.5) is 0 Å². The van der Waals surface area contributed by atoms with E-state index in [-0.39, 0.29) is 28.5 Å². The van der Waals surface area contributed by atoms with E-state index < -0.39 is 0 Å². The van der Waals surface area contributed by atoms with Crippen molar-refractivity contribution in [2.75, 3.05) is 20.8 Å². The number of allylic oxidation sites excluding steroid dienone is 2. The Labute approximate surface area is 163 Å². The number of carbonyl (C=O) groups excluding carboxylic acids is 2. The van der Waals surface area contributed by atoms with Gasteiger partial charge in [-0.05, 0) is 68.2 Å². The highest BCUT2D eigenvalue weighted by molar-refractivity contribution is 5.91. The lowest BCUT2D eigenvalue weighted by Crippen LogP contribution is -2.49. The summed E-state index contributed by atoms with van der Waals surface area (Å²) in [6.07, 6.45) is 8.10. The van der Waals surface area contributed by atoms with Crippen LogP contribution in [0.2, 0.25) is 0 Å². The van der Waals surface area contributed by atoms with Crippen LogP contribution in [0, 0.1) is 34.5 Å². The van der Waals surface area contributed by atoms with Gasteiger partial charge < -0.3 is 15.2 Å². The van der Waals surface area contributed by atoms with Gasteiger partial charge >= 0.3 is 5.97 Å². The van der Waals surface area contributed by atoms with Gasteiger partial charge in [0.1, 0.15) is 5.76 Å². The molecule has 2 saturated carbocycles. The zero-order valence-electron chi connectivity index (χ0n) is 17.3. The first kappa shape index (κ1) is 20.4. The Hall–Kier alpha value is -1.36. The number of hydrogen-bond acceptors (Lipinski definition) is 5. The normalized spacial score (nSPS) is 41.7. The maximum Gasteiger partial charge on any atom is 0.309 e. The standard InChI is InChI=1S/C22H35NO4/c1-21-11-8-17(22(2)10-7-14(24)13-19(22)26-3)15(9-12-23)16(21)5-6-18(21)20(25)27-4/h13,15-18H,5-12,23H2,1-4H3/t15?,16-,17?,18+,21-,22+/m0/s1. The van der Waals surface area contributed by atoms with Crippen LogP contribution in [0.3, 0.4) is 0 Å². The molecule has 5 heteroatoms. The van der Waals surface area contributed by atoms with Crippen molar-refractivity contribution in [2.45, 2.75) is 58.8 Å². The van der Waals surface area contributed by atoms with E-state index in [1.165, 1.54) is 7.11 Å². The molecule has 152 valence electrons. The molecule has 0 heterocycles. The number of ketones is 1. The van der Waals surface area contributed by atoms with E-state index in [0.717, 1.165) is 44.3 Å². The lowest BCUT2D eigenvalue weighted by molar-refractivity contribution is -0.152. The minimum atomic E-state index is -0.132. The minimum Gasteiger partial charge on any atom is -0.500 e. The van der Waals surface area contributed by atoms with Crippen molar-refractivity contribution in [1.29, 1.82) is 0 Å². The molecule has 2 N–H and O–H groups in total. The Balaban J connectivity index is 1.94. The van der Waals surface area contributed by atoms with E-state index in [0.29, 0.717) is 30.7 Å². The highest BCUT2D eigenvalue weighted by Gasteiger charge is 2.59. The molecule has 3 rings (SSSR count). The maximum absolute atomic E-state index is 12.4. The molecule has 0 aromatic rings. The number of carbonyl (C=O) groups is 2. The monoisotopic (exact) mass is 377 g/mol. The molecule has 0 radical (unpaired) electrons. The molecule has 2 unspecified atom stereocenters. The lowest BCUT2D eigenvalue weighted by Gasteiger charge is -2.54. The van der Waals surface area contributed by atoms with Crippen LogP contribution in [-0.4, -0.2) is 32.5 Å². The van der Waals surface area contributed by atoms with E-state index in [1.807, 2.05) is 0 Å². The summed E-state index contributed by atoms with van der Waals surface area (Å²) in [4.78, 5) is 24.4. The highest BCUT2D eigenvalue weighted by atomic mass is 16.5. The van der Waals surface area contributed by atoms with Crippen molar-refractivity contribution in [3.05, 3.63) is 11.8 Å². The number of hydrogen-bond donors (Lipinski definition) is 1. The van der Waals surface area contributed by atoms with E-state index in [4.69, 9.17) is 15.2 Å². The van der Waals surface area contributed by atoms with Crippen molar-refractivity contribution in [2.24, 2.45) is 40.2 Å². The Kier molecular flexibility index (Phi) is 5.72. The summed E-state index contributed by atoms with van der Waals surface area (Å²) < 4.78 is 10.8. The average molecular weight is 378 g/mol. The maximum atomic E-state index is 12.4. The summed E-state index contributed by atoms with van der Waals surface area (Å²) in [6.45, 7) is 5.20. The van der Waals surface area contributed by atoms with E-state index in [2.05, 4.69) is 13.8 Å². The Bertz CT molecular complexity index is 630. The molecule has 3 aliphatic carbocycles. The third kappa shape index (κ3) is 3.22. The van der Waals surface area contributed by atoms with Crippen LogP contribution >= 0.6 is 0 Å². The van der Waals surface area contributed by atoms with Gasteiger partial charge in [0.05, 0.1) is 20.1 Å². The molecule has 0 aliphatic heterocycles. The van der Waals surface area contributed by atoms with Gasteiger partial charge in [-0.25, -0.2) is 0 Å². The lowest BCUT2D eigenvalue weighted by atomic mass is 9.51. The SMILES string of the molecule is COC(=O)[C@H]1CC[C@H]2C(CCN)C([C@@]3(C)CCC(=O)C=C3OC)CC[C@]12C. The van der Waals surface area contributed by atoms with Crippen molar-refractivity contribution in [3.63, 3.8) is 0 Å². The molecule has 27 heavy (non-hydrogen) atoms. The second-order valence-corrected chi connectivity index (χ2v) is 9.25. The first-order chi connectivity index (χ1) is 12.8. The predicted octanol–water partition coefficient (Wildman–Crippen LogP) is 3.47. The molecule has 0 bridgehead atoms. The third-order valence-corrected chi connectivity index (χ3v) is 8.21. The molecule has 3 aliphatic rings. The van der Waals surface area contributed by atoms with Gasteiger partial charge in [0.2, 0.25) is 0 Å². The van der Waals surface area contributed by atoms with Gasteiger partial charge in [-0.15, -0.1) is 0 Å². The summed E-state index contributed by atoms with van der Waals surface area (Å²) in [5.74, 6) is 2.26. The number of methoxy groups -OCH3 is 2. The van der Waals surface area contributed by atoms with Gasteiger partial charge in [-0.1, -0.05) is 13.8 Å². The zero-order chi connectivity index (χ0) is 19.8. The number of rotatable bonds is 5. The molecule has 0 aromatic heterocycles. The number of fused-ring (bicyclic) bond motifs is 1. The average Bonchev–Trinajstić information content (AvgIpc) is 3.01. The second kappa shape index (κ2) is 7.57. The molecule has 0 aromatic carbocycles. The van der Waals surface area contributed by atoms with Crippen LogP contribution in [0.25, 0.3) is 0 Å². The van der Waals surface area contributed by atoms with Crippen LogP contribution in [0.15, 0.2) is 11.8 Å². The minimum absolute atomic E-state index is 0.00750. The van der Waals surface area contributed by atoms with Crippen LogP contribution in [0.5, 0.6) is 0 Å². The fraction of sp³-hybridized carbons (Fsp3) is 0.818. The summed E-state index contributed by atoms with van der Waals surface area (Å²) in [5, 5.41) is 0. The van der Waals surface area contributed by atoms with Crippen molar-refractivity contribution >= 4 is 11.8 Å².